The summed E-state index contributed by atoms with van der Waals surface area (Å²) in [6, 6.07) is 22.8. The van der Waals surface area contributed by atoms with Crippen LogP contribution in [-0.4, -0.2) is 35.5 Å². The predicted octanol–water partition coefficient (Wildman–Crippen LogP) is 8.45. The molecule has 252 valence electrons. The zero-order valence-corrected chi connectivity index (χ0v) is 31.3. The third kappa shape index (κ3) is 9.27. The van der Waals surface area contributed by atoms with Gasteiger partial charge in [0.05, 0.1) is 0 Å². The zero-order valence-electron chi connectivity index (χ0n) is 27.2. The van der Waals surface area contributed by atoms with Gasteiger partial charge in [-0.1, -0.05) is 35.4 Å². The topological polar surface area (TPSA) is 87.0 Å². The Labute approximate surface area is 291 Å². The van der Waals surface area contributed by atoms with Crippen LogP contribution in [0.3, 0.4) is 0 Å². The average molecular weight is 784 g/mol. The molecule has 47 heavy (non-hydrogen) atoms. The average Bonchev–Trinajstić information content (AvgIpc) is 3.45. The van der Waals surface area contributed by atoms with Crippen LogP contribution < -0.4 is 9.80 Å². The second kappa shape index (κ2) is 15.8. The summed E-state index contributed by atoms with van der Waals surface area (Å²) >= 11 is -2.40. The molecular weight excluding hydrogens is 744 g/mol. The standard InChI is InChI=1S/C21H27N2.C14H12N2O4S.2ClH.Ru/c1-14-9-16(3)20(17(4)10-14)22-7-8-23(13-22)21-18(5)11-15(2)12-19(21)6;1-15(11-12-5-3-2-4-6-12)21(19,20)14-9-7-13(8-10-14)16(17)18;;;/h9-13H,7-8H2,1-6H3;1-10H,11H2;2*1H;/q-1;;;;+2/p-2. The summed E-state index contributed by atoms with van der Waals surface area (Å²) in [5, 5.41) is 10.7. The summed E-state index contributed by atoms with van der Waals surface area (Å²) < 4.78 is 28.0. The third-order valence-corrected chi connectivity index (χ3v) is 11.4. The Kier molecular flexibility index (Phi) is 12.4. The van der Waals surface area contributed by atoms with Gasteiger partial charge in [0, 0.05) is 24.5 Å². The van der Waals surface area contributed by atoms with E-state index < -0.39 is 28.5 Å². The van der Waals surface area contributed by atoms with Crippen LogP contribution in [-0.2, 0) is 30.1 Å². The van der Waals surface area contributed by atoms with E-state index in [0.29, 0.717) is 0 Å². The number of halogens is 2. The minimum absolute atomic E-state index is 0.0657. The molecule has 4 aromatic rings. The summed E-state index contributed by atoms with van der Waals surface area (Å²) in [6.07, 6.45) is 0. The van der Waals surface area contributed by atoms with Crippen LogP contribution in [0.1, 0.15) is 38.9 Å². The quantitative estimate of drug-likeness (QED) is 0.0772. The maximum atomic E-state index is 12.8. The Morgan fingerprint density at radius 3 is 1.66 bits per heavy atom. The second-order valence-corrected chi connectivity index (χ2v) is 19.1. The Morgan fingerprint density at radius 2 is 1.26 bits per heavy atom. The molecule has 0 saturated carbocycles. The van der Waals surface area contributed by atoms with Crippen molar-refractivity contribution in [1.29, 1.82) is 0 Å². The molecule has 0 aromatic heterocycles. The number of rotatable bonds is 8. The van der Waals surface area contributed by atoms with E-state index in [1.54, 1.807) is 24.3 Å². The van der Waals surface area contributed by atoms with Crippen molar-refractivity contribution >= 4 is 51.2 Å². The minimum atomic E-state index is -3.91. The van der Waals surface area contributed by atoms with Gasteiger partial charge in [0.15, 0.2) is 0 Å². The monoisotopic (exact) mass is 783 g/mol. The Morgan fingerprint density at radius 1 is 0.809 bits per heavy atom. The molecule has 12 heteroatoms. The van der Waals surface area contributed by atoms with Crippen molar-refractivity contribution in [2.24, 2.45) is 0 Å². The first kappa shape index (κ1) is 36.7. The van der Waals surface area contributed by atoms with Crippen molar-refractivity contribution in [3.8, 4) is 0 Å². The van der Waals surface area contributed by atoms with E-state index in [4.69, 9.17) is 19.4 Å². The molecule has 1 aliphatic rings. The Bertz CT molecular complexity index is 1770. The van der Waals surface area contributed by atoms with Gasteiger partial charge in [0.25, 0.3) is 0 Å². The molecule has 4 aromatic carbocycles. The molecule has 0 N–H and O–H groups in total. The number of nitro groups is 1. The van der Waals surface area contributed by atoms with Crippen molar-refractivity contribution in [1.82, 2.24) is 4.31 Å². The van der Waals surface area contributed by atoms with E-state index >= 15 is 0 Å². The molecule has 0 aliphatic carbocycles. The van der Waals surface area contributed by atoms with E-state index in [9.17, 15) is 18.5 Å². The van der Waals surface area contributed by atoms with Gasteiger partial charge in [-0.3, -0.25) is 0 Å². The predicted molar refractivity (Wildman–Crippen MR) is 190 cm³/mol. The van der Waals surface area contributed by atoms with Crippen molar-refractivity contribution in [2.75, 3.05) is 22.9 Å². The first-order valence-electron chi connectivity index (χ1n) is 14.8. The van der Waals surface area contributed by atoms with Gasteiger partial charge in [-0.15, -0.1) is 0 Å². The molecule has 1 heterocycles. The van der Waals surface area contributed by atoms with Gasteiger partial charge in [-0.25, -0.2) is 0 Å². The van der Waals surface area contributed by atoms with E-state index in [-0.39, 0.29) is 17.1 Å². The summed E-state index contributed by atoms with van der Waals surface area (Å²) in [5.41, 5.74) is 11.4. The number of aryl methyl sites for hydroxylation is 6. The number of anilines is 2. The van der Waals surface area contributed by atoms with Crippen molar-refractivity contribution in [3.05, 3.63) is 135 Å². The molecule has 1 saturated heterocycles. The van der Waals surface area contributed by atoms with Crippen molar-refractivity contribution in [3.63, 3.8) is 0 Å². The van der Waals surface area contributed by atoms with Gasteiger partial charge >= 0.3 is 153 Å². The fourth-order valence-corrected chi connectivity index (χ4v) is 10.3. The van der Waals surface area contributed by atoms with Crippen molar-refractivity contribution < 1.29 is 26.9 Å². The summed E-state index contributed by atoms with van der Waals surface area (Å²) in [7, 11) is 7.80. The number of nitrogens with zero attached hydrogens (tertiary/aromatic N) is 4. The van der Waals surface area contributed by atoms with E-state index in [1.165, 1.54) is 61.6 Å². The van der Waals surface area contributed by atoms with Gasteiger partial charge in [0.2, 0.25) is 0 Å². The van der Waals surface area contributed by atoms with Gasteiger partial charge < -0.3 is 9.80 Å². The third-order valence-electron chi connectivity index (χ3n) is 7.71. The molecule has 1 fully saturated rings. The number of sulfonamides is 1. The number of hydrogen-bond donors (Lipinski definition) is 0. The van der Waals surface area contributed by atoms with Crippen LogP contribution in [0, 0.1) is 58.3 Å². The first-order valence-corrected chi connectivity index (χ1v) is 21.8. The van der Waals surface area contributed by atoms with Gasteiger partial charge in [0.1, 0.15) is 0 Å². The van der Waals surface area contributed by atoms with Gasteiger partial charge in [-0.2, -0.15) is 6.67 Å². The summed E-state index contributed by atoms with van der Waals surface area (Å²) in [5.74, 6) is 0. The molecule has 8 nitrogen and oxygen atoms in total. The van der Waals surface area contributed by atoms with Crippen LogP contribution in [0.2, 0.25) is 0 Å². The first-order chi connectivity index (χ1) is 22.2. The van der Waals surface area contributed by atoms with E-state index in [0.717, 1.165) is 35.1 Å². The van der Waals surface area contributed by atoms with Crippen LogP contribution >= 0.6 is 19.4 Å². The fraction of sp³-hybridized carbons (Fsp3) is 0.257. The van der Waals surface area contributed by atoms with Crippen LogP contribution in [0.15, 0.2) is 83.8 Å². The van der Waals surface area contributed by atoms with Crippen molar-refractivity contribution in [2.45, 2.75) is 53.0 Å². The fourth-order valence-electron chi connectivity index (χ4n) is 5.97. The van der Waals surface area contributed by atoms with Gasteiger partial charge in [-0.05, 0) is 63.8 Å². The molecule has 1 aliphatic heterocycles. The number of benzene rings is 4. The Balaban J connectivity index is 0.000000213. The van der Waals surface area contributed by atoms with Crippen LogP contribution in [0.4, 0.5) is 17.1 Å². The molecule has 0 spiro atoms. The normalized spacial score (nSPS) is 13.3. The Hall–Kier alpha value is -3.14. The molecule has 0 radical (unpaired) electrons. The number of non-ortho nitro benzene ring substituents is 1. The molecule has 5 rings (SSSR count). The zero-order chi connectivity index (χ0) is 34.5. The van der Waals surface area contributed by atoms with Crippen LogP contribution in [0.5, 0.6) is 0 Å². The summed E-state index contributed by atoms with van der Waals surface area (Å²) in [4.78, 5) is 14.8. The SMILES string of the molecule is Cc1cc(C)c(N2[CH-]N(c3c(C)cc(C)cc3C)CC2)c(C)c1.O=[N+]([O-])c1ccc(S(=O)(=O)N([CH]=[Ru]([Cl])[Cl])Cc2ccccc2)cc1. The maximum absolute atomic E-state index is 12.8. The molecule has 0 atom stereocenters. The molecular formula is C35H39Cl2N4O4RuS-. The second-order valence-electron chi connectivity index (χ2n) is 11.6. The van der Waals surface area contributed by atoms with E-state index in [1.807, 2.05) is 6.07 Å². The molecule has 0 unspecified atom stereocenters. The number of hydrogen-bond acceptors (Lipinski definition) is 6. The van der Waals surface area contributed by atoms with Crippen LogP contribution in [0.25, 0.3) is 0 Å². The number of nitro benzene ring substituents is 1. The van der Waals surface area contributed by atoms with E-state index in [2.05, 4.69) is 82.3 Å². The summed E-state index contributed by atoms with van der Waals surface area (Å²) in [6.45, 7) is 17.6. The molecule has 0 amide bonds. The molecule has 0 bridgehead atoms.